The highest BCUT2D eigenvalue weighted by molar-refractivity contribution is 5.74. The monoisotopic (exact) mass is 367 g/mol. The zero-order valence-electron chi connectivity index (χ0n) is 16.3. The minimum absolute atomic E-state index is 0.0328. The standard InChI is InChI=1S/C22H29N3O2/c1-18-3-5-20(6-4-18)17-23-22(26)25-15-13-24(14-16-25)12-11-19-7-9-21(27-2)10-8-19/h3-10H,11-17H2,1-2H3,(H,23,26). The van der Waals surface area contributed by atoms with E-state index in [1.165, 1.54) is 11.1 Å². The highest BCUT2D eigenvalue weighted by Crippen LogP contribution is 2.12. The van der Waals surface area contributed by atoms with Gasteiger partial charge in [0, 0.05) is 39.3 Å². The van der Waals surface area contributed by atoms with Gasteiger partial charge in [0.25, 0.3) is 0 Å². The van der Waals surface area contributed by atoms with Crippen LogP contribution in [0.1, 0.15) is 16.7 Å². The fourth-order valence-electron chi connectivity index (χ4n) is 3.25. The van der Waals surface area contributed by atoms with Crippen LogP contribution in [0.3, 0.4) is 0 Å². The van der Waals surface area contributed by atoms with Crippen molar-refractivity contribution in [2.24, 2.45) is 0 Å². The van der Waals surface area contributed by atoms with Gasteiger partial charge in [-0.3, -0.25) is 4.90 Å². The van der Waals surface area contributed by atoms with Crippen molar-refractivity contribution in [2.45, 2.75) is 19.9 Å². The van der Waals surface area contributed by atoms with Crippen LogP contribution in [0.5, 0.6) is 5.75 Å². The van der Waals surface area contributed by atoms with E-state index in [1.54, 1.807) is 7.11 Å². The molecule has 0 radical (unpaired) electrons. The molecule has 5 heteroatoms. The summed E-state index contributed by atoms with van der Waals surface area (Å²) in [5.41, 5.74) is 3.68. The third kappa shape index (κ3) is 5.73. The number of benzene rings is 2. The third-order valence-electron chi connectivity index (χ3n) is 5.10. The van der Waals surface area contributed by atoms with Crippen LogP contribution in [0.2, 0.25) is 0 Å². The number of carbonyl (C=O) groups excluding carboxylic acids is 1. The molecule has 3 rings (SSSR count). The number of ether oxygens (including phenoxy) is 1. The molecular weight excluding hydrogens is 338 g/mol. The molecule has 2 aromatic rings. The van der Waals surface area contributed by atoms with Gasteiger partial charge in [-0.2, -0.15) is 0 Å². The summed E-state index contributed by atoms with van der Waals surface area (Å²) in [5.74, 6) is 0.893. The molecule has 0 aliphatic carbocycles. The molecule has 1 aliphatic heterocycles. The van der Waals surface area contributed by atoms with Gasteiger partial charge in [0.1, 0.15) is 5.75 Å². The van der Waals surface area contributed by atoms with Crippen molar-refractivity contribution in [3.05, 3.63) is 65.2 Å². The van der Waals surface area contributed by atoms with Gasteiger partial charge >= 0.3 is 6.03 Å². The first-order valence-corrected chi connectivity index (χ1v) is 9.57. The molecule has 1 saturated heterocycles. The molecule has 2 amide bonds. The van der Waals surface area contributed by atoms with E-state index in [0.29, 0.717) is 6.54 Å². The van der Waals surface area contributed by atoms with Crippen LogP contribution in [-0.2, 0) is 13.0 Å². The molecule has 144 valence electrons. The molecule has 27 heavy (non-hydrogen) atoms. The number of amides is 2. The molecule has 0 bridgehead atoms. The number of hydrogen-bond donors (Lipinski definition) is 1. The Morgan fingerprint density at radius 3 is 2.22 bits per heavy atom. The molecular formula is C22H29N3O2. The van der Waals surface area contributed by atoms with E-state index in [9.17, 15) is 4.79 Å². The van der Waals surface area contributed by atoms with Crippen molar-refractivity contribution in [1.29, 1.82) is 0 Å². The number of nitrogens with one attached hydrogen (secondary N) is 1. The Kier molecular flexibility index (Phi) is 6.71. The number of carbonyl (C=O) groups is 1. The third-order valence-corrected chi connectivity index (χ3v) is 5.10. The van der Waals surface area contributed by atoms with Crippen molar-refractivity contribution in [3.8, 4) is 5.75 Å². The van der Waals surface area contributed by atoms with Crippen LogP contribution in [0.4, 0.5) is 4.79 Å². The Morgan fingerprint density at radius 1 is 0.963 bits per heavy atom. The lowest BCUT2D eigenvalue weighted by Crippen LogP contribution is -2.51. The van der Waals surface area contributed by atoms with Crippen LogP contribution in [-0.4, -0.2) is 55.7 Å². The molecule has 0 unspecified atom stereocenters. The maximum Gasteiger partial charge on any atom is 0.317 e. The molecule has 2 aromatic carbocycles. The number of hydrogen-bond acceptors (Lipinski definition) is 3. The van der Waals surface area contributed by atoms with Gasteiger partial charge in [0.05, 0.1) is 7.11 Å². The van der Waals surface area contributed by atoms with E-state index in [-0.39, 0.29) is 6.03 Å². The summed E-state index contributed by atoms with van der Waals surface area (Å²) in [6.07, 6.45) is 1.02. The predicted molar refractivity (Wildman–Crippen MR) is 108 cm³/mol. The zero-order chi connectivity index (χ0) is 19.1. The molecule has 1 fully saturated rings. The first-order chi connectivity index (χ1) is 13.1. The van der Waals surface area contributed by atoms with Gasteiger partial charge in [-0.15, -0.1) is 0 Å². The summed E-state index contributed by atoms with van der Waals surface area (Å²) < 4.78 is 5.20. The lowest BCUT2D eigenvalue weighted by Gasteiger charge is -2.34. The Labute approximate surface area is 161 Å². The number of rotatable bonds is 6. The molecule has 0 atom stereocenters. The van der Waals surface area contributed by atoms with E-state index in [2.05, 4.69) is 53.5 Å². The first-order valence-electron chi connectivity index (χ1n) is 9.57. The number of nitrogens with zero attached hydrogens (tertiary/aromatic N) is 2. The second-order valence-electron chi connectivity index (χ2n) is 7.07. The van der Waals surface area contributed by atoms with Crippen molar-refractivity contribution in [3.63, 3.8) is 0 Å². The largest absolute Gasteiger partial charge is 0.497 e. The van der Waals surface area contributed by atoms with Gasteiger partial charge in [0.2, 0.25) is 0 Å². The summed E-state index contributed by atoms with van der Waals surface area (Å²) in [7, 11) is 1.69. The second-order valence-corrected chi connectivity index (χ2v) is 7.07. The highest BCUT2D eigenvalue weighted by atomic mass is 16.5. The molecule has 1 N–H and O–H groups in total. The summed E-state index contributed by atoms with van der Waals surface area (Å²) in [5, 5.41) is 3.03. The SMILES string of the molecule is COc1ccc(CCN2CCN(C(=O)NCc3ccc(C)cc3)CC2)cc1. The lowest BCUT2D eigenvalue weighted by atomic mass is 10.1. The van der Waals surface area contributed by atoms with Crippen LogP contribution < -0.4 is 10.1 Å². The van der Waals surface area contributed by atoms with Gasteiger partial charge in [0.15, 0.2) is 0 Å². The number of aryl methyl sites for hydroxylation is 1. The lowest BCUT2D eigenvalue weighted by molar-refractivity contribution is 0.140. The van der Waals surface area contributed by atoms with Crippen molar-refractivity contribution in [2.75, 3.05) is 39.8 Å². The molecule has 0 aromatic heterocycles. The summed E-state index contributed by atoms with van der Waals surface area (Å²) in [6, 6.07) is 16.6. The Morgan fingerprint density at radius 2 is 1.59 bits per heavy atom. The van der Waals surface area contributed by atoms with Crippen LogP contribution in [0.25, 0.3) is 0 Å². The number of methoxy groups -OCH3 is 1. The van der Waals surface area contributed by atoms with E-state index >= 15 is 0 Å². The fourth-order valence-corrected chi connectivity index (χ4v) is 3.25. The highest BCUT2D eigenvalue weighted by Gasteiger charge is 2.20. The number of urea groups is 1. The Balaban J connectivity index is 1.37. The summed E-state index contributed by atoms with van der Waals surface area (Å²) >= 11 is 0. The Bertz CT molecular complexity index is 720. The summed E-state index contributed by atoms with van der Waals surface area (Å²) in [4.78, 5) is 16.7. The van der Waals surface area contributed by atoms with E-state index in [4.69, 9.17) is 4.74 Å². The predicted octanol–water partition coefficient (Wildman–Crippen LogP) is 3.07. The quantitative estimate of drug-likeness (QED) is 0.853. The molecule has 0 spiro atoms. The smallest absolute Gasteiger partial charge is 0.317 e. The average molecular weight is 367 g/mol. The molecule has 5 nitrogen and oxygen atoms in total. The van der Waals surface area contributed by atoms with E-state index in [0.717, 1.165) is 50.5 Å². The zero-order valence-corrected chi connectivity index (χ0v) is 16.3. The van der Waals surface area contributed by atoms with Crippen molar-refractivity contribution in [1.82, 2.24) is 15.1 Å². The van der Waals surface area contributed by atoms with E-state index < -0.39 is 0 Å². The topological polar surface area (TPSA) is 44.8 Å². The van der Waals surface area contributed by atoms with Crippen LogP contribution in [0, 0.1) is 6.92 Å². The second kappa shape index (κ2) is 9.42. The van der Waals surface area contributed by atoms with Gasteiger partial charge in [-0.05, 0) is 36.6 Å². The minimum Gasteiger partial charge on any atom is -0.497 e. The van der Waals surface area contributed by atoms with Crippen LogP contribution in [0.15, 0.2) is 48.5 Å². The molecule has 1 aliphatic rings. The number of piperazine rings is 1. The summed E-state index contributed by atoms with van der Waals surface area (Å²) in [6.45, 7) is 7.07. The molecule has 0 saturated carbocycles. The van der Waals surface area contributed by atoms with Crippen molar-refractivity contribution >= 4 is 6.03 Å². The van der Waals surface area contributed by atoms with Crippen molar-refractivity contribution < 1.29 is 9.53 Å². The van der Waals surface area contributed by atoms with Crippen LogP contribution >= 0.6 is 0 Å². The minimum atomic E-state index is 0.0328. The van der Waals surface area contributed by atoms with Gasteiger partial charge in [-0.1, -0.05) is 42.0 Å². The maximum atomic E-state index is 12.4. The van der Waals surface area contributed by atoms with E-state index in [1.807, 2.05) is 17.0 Å². The van der Waals surface area contributed by atoms with Gasteiger partial charge < -0.3 is 15.0 Å². The Hall–Kier alpha value is -2.53. The normalized spacial score (nSPS) is 14.8. The first kappa shape index (κ1) is 19.2. The molecule has 1 heterocycles. The fraction of sp³-hybridized carbons (Fsp3) is 0.409. The average Bonchev–Trinajstić information content (AvgIpc) is 2.72. The maximum absolute atomic E-state index is 12.4. The van der Waals surface area contributed by atoms with Gasteiger partial charge in [-0.25, -0.2) is 4.79 Å².